The number of primary amides is 2. The minimum atomic E-state index is -1.74. The van der Waals surface area contributed by atoms with E-state index < -0.39 is 230 Å². The molecule has 5 aromatic rings. The molecule has 684 valence electrons. The summed E-state index contributed by atoms with van der Waals surface area (Å²) in [5.74, 6) is -17.6. The van der Waals surface area contributed by atoms with E-state index in [0.717, 1.165) is 26.5 Å². The van der Waals surface area contributed by atoms with Crippen molar-refractivity contribution in [3.8, 4) is 5.75 Å². The molecule has 41 heteroatoms. The van der Waals surface area contributed by atoms with Crippen molar-refractivity contribution in [1.82, 2.24) is 87.2 Å². The number of carboxylic acids is 1. The lowest BCUT2D eigenvalue weighted by molar-refractivity contribution is -0.149. The third-order valence-electron chi connectivity index (χ3n) is 22.5. The Kier molecular flexibility index (Phi) is 36.7. The van der Waals surface area contributed by atoms with Gasteiger partial charge in [-0.05, 0) is 98.7 Å². The Hall–Kier alpha value is -12.7. The second-order valence-electron chi connectivity index (χ2n) is 32.3. The molecule has 0 spiro atoms. The van der Waals surface area contributed by atoms with E-state index in [1.165, 1.54) is 72.9 Å². The standard InChI is InChI=1S/C85H118N20O20S/c1-9-11-22-64-79(119)95-56(33-47(3)4)78(118)99-62(77(117)90-40-69(88)108)45-126-46-71(110)94-58(34-49-27-29-52(106)30-28-49)82(122)100(6)48(5)74(114)97-60(37-68(87)107)84(124)105-32-18-26-66(105)81(121)98-61(38-86)76(116)92-42-72(111)104-31-17-25-65(104)80(120)96-57(35-50-39-89-55-21-15-13-19-53(50)55)75(115)91-41-70(109)93-59(83(123)102(8)67(23-12-10-2)85(125)101(64)7)36-51-43-103(44-73(112)113)63-24-16-14-20-54(51)63/h13-16,19-21,24,27-30,39,43,47-48,56-62,64-67,89,106H,9-12,17-18,22-23,25-26,31-38,40-42,44-46,86H2,1-8H3,(H2,87,107)(H2,88,108)(H,90,117)(H,91,115)(H,92,116)(H,93,109)(H,94,110)(H,95,119)(H,96,120)(H,97,114)(H,98,121)(H,99,118)(H,112,113)/t48-,56-,57-,58-,59-,60-,61-,62-,64-,65?,66?,67-/m0/s1. The van der Waals surface area contributed by atoms with Crippen LogP contribution in [0, 0.1) is 5.92 Å². The lowest BCUT2D eigenvalue weighted by Crippen LogP contribution is -2.60. The Labute approximate surface area is 732 Å². The van der Waals surface area contributed by atoms with Gasteiger partial charge in [-0.15, -0.1) is 11.8 Å². The van der Waals surface area contributed by atoms with Gasteiger partial charge < -0.3 is 115 Å². The van der Waals surface area contributed by atoms with Crippen LogP contribution < -0.4 is 70.4 Å². The van der Waals surface area contributed by atoms with Crippen LogP contribution in [0.15, 0.2) is 85.2 Å². The van der Waals surface area contributed by atoms with Gasteiger partial charge in [0.05, 0.1) is 31.8 Å². The highest BCUT2D eigenvalue weighted by Gasteiger charge is 2.44. The summed E-state index contributed by atoms with van der Waals surface area (Å²) >= 11 is 0.792. The molecule has 8 rings (SSSR count). The zero-order valence-corrected chi connectivity index (χ0v) is 72.9. The first-order chi connectivity index (χ1) is 59.9. The number of thioether (sulfide) groups is 1. The van der Waals surface area contributed by atoms with Crippen LogP contribution in [0.4, 0.5) is 0 Å². The van der Waals surface area contributed by atoms with Crippen molar-refractivity contribution >= 4 is 140 Å². The number of likely N-dealkylation sites (N-methyl/N-ethyl adjacent to an activating group) is 3. The Morgan fingerprint density at radius 1 is 0.563 bits per heavy atom. The Bertz CT molecular complexity index is 4810. The molecule has 3 fully saturated rings. The van der Waals surface area contributed by atoms with Crippen molar-refractivity contribution in [2.75, 3.05) is 71.9 Å². The summed E-state index contributed by atoms with van der Waals surface area (Å²) in [5.41, 5.74) is 19.6. The molecular weight excluding hydrogens is 1650 g/mol. The fraction of sp³-hybridized carbons (Fsp3) is 0.529. The van der Waals surface area contributed by atoms with E-state index in [-0.39, 0.29) is 82.5 Å². The predicted molar refractivity (Wildman–Crippen MR) is 462 cm³/mol. The molecule has 0 radical (unpaired) electrons. The number of phenolic OH excluding ortho intramolecular Hbond substituents is 1. The largest absolute Gasteiger partial charge is 0.508 e. The first-order valence-electron chi connectivity index (χ1n) is 42.2. The maximum absolute atomic E-state index is 15.6. The number of carbonyl (C=O) groups excluding carboxylic acids is 17. The number of carboxylic acid groups (broad SMARTS) is 1. The van der Waals surface area contributed by atoms with E-state index >= 15 is 14.4 Å². The van der Waals surface area contributed by atoms with E-state index in [1.54, 1.807) is 68.6 Å². The van der Waals surface area contributed by atoms with Gasteiger partial charge in [-0.2, -0.15) is 0 Å². The summed E-state index contributed by atoms with van der Waals surface area (Å²) in [7, 11) is 3.94. The first kappa shape index (κ1) is 98.7. The molecule has 2 aromatic heterocycles. The van der Waals surface area contributed by atoms with Crippen molar-refractivity contribution in [2.45, 2.75) is 210 Å². The molecule has 40 nitrogen and oxygen atoms in total. The molecule has 3 saturated heterocycles. The number of nitrogens with one attached hydrogen (secondary N) is 11. The van der Waals surface area contributed by atoms with Gasteiger partial charge in [0.1, 0.15) is 84.8 Å². The van der Waals surface area contributed by atoms with E-state index in [0.29, 0.717) is 70.6 Å². The van der Waals surface area contributed by atoms with Crippen LogP contribution in [0.25, 0.3) is 21.8 Å². The molecule has 3 aromatic carbocycles. The second kappa shape index (κ2) is 46.9. The topological polar surface area (TPSA) is 583 Å². The average molecular weight is 1770 g/mol. The van der Waals surface area contributed by atoms with Crippen LogP contribution in [0.3, 0.4) is 0 Å². The van der Waals surface area contributed by atoms with Gasteiger partial charge in [0.25, 0.3) is 0 Å². The fourth-order valence-electron chi connectivity index (χ4n) is 15.6. The molecule has 3 aliphatic rings. The molecule has 0 bridgehead atoms. The number of phenols is 1. The summed E-state index contributed by atoms with van der Waals surface area (Å²) in [4.78, 5) is 265. The second-order valence-corrected chi connectivity index (χ2v) is 33.4. The number of amides is 17. The number of rotatable bonds is 22. The highest BCUT2D eigenvalue weighted by Crippen LogP contribution is 2.28. The number of nitrogens with zero attached hydrogens (tertiary/aromatic N) is 6. The van der Waals surface area contributed by atoms with E-state index in [1.807, 2.05) is 13.8 Å². The summed E-state index contributed by atoms with van der Waals surface area (Å²) in [6.07, 6.45) is 3.97. The third kappa shape index (κ3) is 27.2. The minimum Gasteiger partial charge on any atom is -0.508 e. The van der Waals surface area contributed by atoms with E-state index in [9.17, 15) is 82.1 Å². The van der Waals surface area contributed by atoms with Crippen LogP contribution >= 0.6 is 11.8 Å². The zero-order chi connectivity index (χ0) is 92.3. The lowest BCUT2D eigenvalue weighted by Gasteiger charge is -2.36. The van der Waals surface area contributed by atoms with Crippen molar-refractivity contribution in [3.63, 3.8) is 0 Å². The highest BCUT2D eigenvalue weighted by atomic mass is 32.2. The third-order valence-corrected chi connectivity index (χ3v) is 23.6. The number of carbonyl (C=O) groups is 18. The normalized spacial score (nSPS) is 23.9. The number of para-hydroxylation sites is 2. The molecule has 12 atom stereocenters. The molecular formula is C85H118N20O20S. The zero-order valence-electron chi connectivity index (χ0n) is 72.1. The number of aromatic hydroxyl groups is 1. The van der Waals surface area contributed by atoms with Crippen molar-refractivity contribution in [2.24, 2.45) is 23.1 Å². The van der Waals surface area contributed by atoms with E-state index in [2.05, 4.69) is 58.2 Å². The van der Waals surface area contributed by atoms with Crippen LogP contribution in [0.2, 0.25) is 0 Å². The molecule has 0 aliphatic carbocycles. The fourth-order valence-corrected chi connectivity index (χ4v) is 16.5. The number of nitrogens with two attached hydrogens (primary N) is 3. The predicted octanol–water partition coefficient (Wildman–Crippen LogP) is -2.34. The van der Waals surface area contributed by atoms with Gasteiger partial charge in [-0.1, -0.05) is 102 Å². The average Bonchev–Trinajstić information content (AvgIpc) is 1.64. The summed E-state index contributed by atoms with van der Waals surface area (Å²) in [6, 6.07) is 2.02. The van der Waals surface area contributed by atoms with Crippen molar-refractivity contribution in [3.05, 3.63) is 102 Å². The Morgan fingerprint density at radius 3 is 1.77 bits per heavy atom. The number of fused-ring (bicyclic) bond motifs is 4. The van der Waals surface area contributed by atoms with Gasteiger partial charge in [-0.3, -0.25) is 86.3 Å². The van der Waals surface area contributed by atoms with Crippen LogP contribution in [0.5, 0.6) is 5.75 Å². The lowest BCUT2D eigenvalue weighted by atomic mass is 9.99. The number of aromatic amines is 1. The molecule has 3 aliphatic heterocycles. The van der Waals surface area contributed by atoms with E-state index in [4.69, 9.17) is 17.2 Å². The summed E-state index contributed by atoms with van der Waals surface area (Å²) in [6.45, 7) is 5.16. The molecule has 19 N–H and O–H groups in total. The number of unbranched alkanes of at least 4 members (excludes halogenated alkanes) is 2. The highest BCUT2D eigenvalue weighted by molar-refractivity contribution is 8.00. The van der Waals surface area contributed by atoms with Crippen molar-refractivity contribution < 1.29 is 96.5 Å². The Balaban J connectivity index is 1.15. The van der Waals surface area contributed by atoms with Crippen LogP contribution in [0.1, 0.15) is 128 Å². The van der Waals surface area contributed by atoms with Gasteiger partial charge in [0, 0.05) is 100.0 Å². The maximum atomic E-state index is 15.6. The number of aliphatic carboxylic acids is 1. The molecule has 2 unspecified atom stereocenters. The summed E-state index contributed by atoms with van der Waals surface area (Å²) in [5, 5.41) is 47.4. The van der Waals surface area contributed by atoms with Gasteiger partial charge in [-0.25, -0.2) is 0 Å². The molecule has 126 heavy (non-hydrogen) atoms. The van der Waals surface area contributed by atoms with Gasteiger partial charge in [0.2, 0.25) is 100 Å². The van der Waals surface area contributed by atoms with Gasteiger partial charge in [0.15, 0.2) is 0 Å². The Morgan fingerprint density at radius 2 is 1.13 bits per heavy atom. The van der Waals surface area contributed by atoms with Crippen molar-refractivity contribution in [1.29, 1.82) is 0 Å². The SMILES string of the molecule is CCCC[C@H]1C(=O)N(C)[C@@H](CCCC)C(=O)N[C@@H](CC(C)C)C(=O)N[C@H](C(=O)NCC(N)=O)CSCC(=O)N[C@@H](Cc2ccc(O)cc2)C(=O)N(C)[C@@H](C)C(=O)N[C@@H](CC(N)=O)C(=O)N2CCCC2C(=O)N[C@@H](CN)C(=O)NCC(=O)N2CCCC2C(=O)N[C@@H](Cc2c[nH]c3ccccc23)C(=O)NCC(=O)N[C@@H](Cc2cn(CC(=O)O)c3ccccc23)C(=O)N1C. The number of benzene rings is 3. The number of aromatic nitrogens is 2. The number of H-pyrrole nitrogens is 1. The smallest absolute Gasteiger partial charge is 0.323 e. The van der Waals surface area contributed by atoms with Gasteiger partial charge >= 0.3 is 5.97 Å². The first-order valence-corrected chi connectivity index (χ1v) is 43.4. The maximum Gasteiger partial charge on any atom is 0.323 e. The van der Waals surface area contributed by atoms with Crippen LogP contribution in [-0.2, 0) is 112 Å². The molecule has 5 heterocycles. The monoisotopic (exact) mass is 1770 g/mol. The quantitative estimate of drug-likeness (QED) is 0.0345. The molecule has 17 amide bonds. The number of hydrogen-bond donors (Lipinski definition) is 16. The minimum absolute atomic E-state index is 0.0144. The molecule has 0 saturated carbocycles. The van der Waals surface area contributed by atoms with Crippen LogP contribution in [-0.4, -0.2) is 295 Å². The summed E-state index contributed by atoms with van der Waals surface area (Å²) < 4.78 is 1.45. The number of hydrogen-bond acceptors (Lipinski definition) is 21.